The van der Waals surface area contributed by atoms with E-state index < -0.39 is 0 Å². The van der Waals surface area contributed by atoms with Crippen LogP contribution in [0.2, 0.25) is 0 Å². The van der Waals surface area contributed by atoms with Crippen molar-refractivity contribution in [3.8, 4) is 11.5 Å². The van der Waals surface area contributed by atoms with E-state index in [9.17, 15) is 9.18 Å². The minimum absolute atomic E-state index is 0.0963. The monoisotopic (exact) mass is 342 g/mol. The van der Waals surface area contributed by atoms with Crippen molar-refractivity contribution in [2.75, 3.05) is 13.2 Å². The molecule has 0 fully saturated rings. The van der Waals surface area contributed by atoms with Crippen LogP contribution in [0, 0.1) is 11.2 Å². The molecule has 0 atom stereocenters. The van der Waals surface area contributed by atoms with E-state index in [4.69, 9.17) is 9.47 Å². The summed E-state index contributed by atoms with van der Waals surface area (Å²) < 4.78 is 24.3. The molecule has 0 saturated heterocycles. The van der Waals surface area contributed by atoms with Crippen LogP contribution in [0.25, 0.3) is 0 Å². The van der Waals surface area contributed by atoms with E-state index >= 15 is 0 Å². The van der Waals surface area contributed by atoms with Crippen LogP contribution in [0.1, 0.15) is 29.8 Å². The quantitative estimate of drug-likeness (QED) is 0.687. The molecule has 0 radical (unpaired) electrons. The van der Waals surface area contributed by atoms with E-state index in [-0.39, 0.29) is 17.1 Å². The number of hydrogen-bond donors (Lipinski definition) is 1. The number of carbonyl (C=O) groups excluding carboxylic acids is 1. The molecule has 0 saturated carbocycles. The second-order valence-corrected chi connectivity index (χ2v) is 6.65. The average molecular weight is 342 g/mol. The number of ether oxygens (including phenoxy) is 2. The highest BCUT2D eigenvalue weighted by Gasteiger charge is 2.25. The van der Waals surface area contributed by atoms with Crippen LogP contribution in [0.15, 0.2) is 47.6 Å². The number of rotatable bonds is 3. The van der Waals surface area contributed by atoms with Crippen LogP contribution in [-0.4, -0.2) is 25.3 Å². The predicted octanol–water partition coefficient (Wildman–Crippen LogP) is 3.39. The largest absolute Gasteiger partial charge is 0.489 e. The maximum atomic E-state index is 12.8. The summed E-state index contributed by atoms with van der Waals surface area (Å²) in [4.78, 5) is 12.2. The summed E-state index contributed by atoms with van der Waals surface area (Å²) in [6, 6.07) is 10.8. The number of amides is 1. The summed E-state index contributed by atoms with van der Waals surface area (Å²) in [5.74, 6) is 0.475. The first kappa shape index (κ1) is 17.0. The van der Waals surface area contributed by atoms with E-state index in [0.717, 1.165) is 0 Å². The summed E-state index contributed by atoms with van der Waals surface area (Å²) in [5, 5.41) is 3.88. The molecule has 0 bridgehead atoms. The zero-order chi connectivity index (χ0) is 17.9. The molecule has 0 aromatic heterocycles. The Hall–Kier alpha value is -2.89. The van der Waals surface area contributed by atoms with Gasteiger partial charge in [0.15, 0.2) is 11.5 Å². The molecule has 0 unspecified atom stereocenters. The highest BCUT2D eigenvalue weighted by atomic mass is 19.1. The van der Waals surface area contributed by atoms with Gasteiger partial charge in [-0.2, -0.15) is 5.10 Å². The van der Waals surface area contributed by atoms with Gasteiger partial charge in [-0.3, -0.25) is 4.79 Å². The van der Waals surface area contributed by atoms with Crippen molar-refractivity contribution in [1.29, 1.82) is 0 Å². The van der Waals surface area contributed by atoms with E-state index in [1.165, 1.54) is 18.3 Å². The first-order valence-electron chi connectivity index (χ1n) is 7.92. The lowest BCUT2D eigenvalue weighted by Gasteiger charge is -2.19. The first-order chi connectivity index (χ1) is 11.9. The van der Waals surface area contributed by atoms with Crippen molar-refractivity contribution < 1.29 is 18.7 Å². The fourth-order valence-electron chi connectivity index (χ4n) is 2.25. The number of carbonyl (C=O) groups is 1. The summed E-state index contributed by atoms with van der Waals surface area (Å²) in [5.41, 5.74) is 3.44. The van der Waals surface area contributed by atoms with Crippen LogP contribution in [0.3, 0.4) is 0 Å². The minimum Gasteiger partial charge on any atom is -0.489 e. The molecule has 1 aliphatic rings. The summed E-state index contributed by atoms with van der Waals surface area (Å²) in [6.07, 6.45) is 1.45. The summed E-state index contributed by atoms with van der Waals surface area (Å²) in [6.45, 7) is 5.16. The maximum absolute atomic E-state index is 12.8. The summed E-state index contributed by atoms with van der Waals surface area (Å²) in [7, 11) is 0. The normalized spacial score (nSPS) is 15.6. The molecule has 3 rings (SSSR count). The number of nitrogens with zero attached hydrogens (tertiary/aromatic N) is 1. The number of benzene rings is 2. The molecule has 2 aromatic rings. The number of nitrogens with one attached hydrogen (secondary N) is 1. The molecule has 1 amide bonds. The molecular weight excluding hydrogens is 323 g/mol. The van der Waals surface area contributed by atoms with Crippen molar-refractivity contribution in [3.63, 3.8) is 0 Å². The Bertz CT molecular complexity index is 801. The maximum Gasteiger partial charge on any atom is 0.271 e. The van der Waals surface area contributed by atoms with Crippen LogP contribution < -0.4 is 14.9 Å². The lowest BCUT2D eigenvalue weighted by Crippen LogP contribution is -2.26. The van der Waals surface area contributed by atoms with E-state index in [0.29, 0.717) is 35.8 Å². The third-order valence-corrected chi connectivity index (χ3v) is 3.69. The smallest absolute Gasteiger partial charge is 0.271 e. The minimum atomic E-state index is -0.367. The Morgan fingerprint density at radius 1 is 1.12 bits per heavy atom. The SMILES string of the molecule is CC1(C)COc2ccc(C(=O)N/N=C\c3ccc(F)cc3)cc2OC1. The van der Waals surface area contributed by atoms with Crippen molar-refractivity contribution in [2.45, 2.75) is 13.8 Å². The zero-order valence-electron chi connectivity index (χ0n) is 14.1. The molecule has 1 aliphatic heterocycles. The average Bonchev–Trinajstić information content (AvgIpc) is 2.75. The number of fused-ring (bicyclic) bond motifs is 1. The fraction of sp³-hybridized carbons (Fsp3) is 0.263. The Kier molecular flexibility index (Phi) is 4.70. The third kappa shape index (κ3) is 4.35. The van der Waals surface area contributed by atoms with Gasteiger partial charge in [-0.05, 0) is 35.9 Å². The number of hydrazone groups is 1. The summed E-state index contributed by atoms with van der Waals surface area (Å²) >= 11 is 0. The first-order valence-corrected chi connectivity index (χ1v) is 7.92. The van der Waals surface area contributed by atoms with E-state index in [2.05, 4.69) is 24.4 Å². The zero-order valence-corrected chi connectivity index (χ0v) is 14.1. The number of hydrogen-bond acceptors (Lipinski definition) is 4. The molecule has 1 heterocycles. The molecular formula is C19H19FN2O3. The molecule has 0 spiro atoms. The van der Waals surface area contributed by atoms with Crippen LogP contribution in [0.5, 0.6) is 11.5 Å². The van der Waals surface area contributed by atoms with Gasteiger partial charge in [-0.25, -0.2) is 9.82 Å². The molecule has 130 valence electrons. The third-order valence-electron chi connectivity index (χ3n) is 3.69. The molecule has 25 heavy (non-hydrogen) atoms. The van der Waals surface area contributed by atoms with E-state index in [1.807, 2.05) is 0 Å². The Morgan fingerprint density at radius 3 is 2.52 bits per heavy atom. The van der Waals surface area contributed by atoms with Gasteiger partial charge in [0.2, 0.25) is 0 Å². The predicted molar refractivity (Wildman–Crippen MR) is 92.7 cm³/mol. The number of halogens is 1. The lowest BCUT2D eigenvalue weighted by atomic mass is 9.97. The van der Waals surface area contributed by atoms with Crippen LogP contribution in [0.4, 0.5) is 4.39 Å². The van der Waals surface area contributed by atoms with Gasteiger partial charge in [0.25, 0.3) is 5.91 Å². The Balaban J connectivity index is 1.67. The van der Waals surface area contributed by atoms with Gasteiger partial charge in [0, 0.05) is 11.0 Å². The fourth-order valence-corrected chi connectivity index (χ4v) is 2.25. The van der Waals surface area contributed by atoms with Gasteiger partial charge in [-0.1, -0.05) is 26.0 Å². The van der Waals surface area contributed by atoms with Gasteiger partial charge in [0.1, 0.15) is 5.82 Å². The van der Waals surface area contributed by atoms with Gasteiger partial charge < -0.3 is 9.47 Å². The van der Waals surface area contributed by atoms with Crippen molar-refractivity contribution >= 4 is 12.1 Å². The molecule has 5 nitrogen and oxygen atoms in total. The second kappa shape index (κ2) is 6.93. The van der Waals surface area contributed by atoms with Gasteiger partial charge >= 0.3 is 0 Å². The van der Waals surface area contributed by atoms with Gasteiger partial charge in [-0.15, -0.1) is 0 Å². The van der Waals surface area contributed by atoms with E-state index in [1.54, 1.807) is 30.3 Å². The van der Waals surface area contributed by atoms with Crippen molar-refractivity contribution in [3.05, 3.63) is 59.4 Å². The lowest BCUT2D eigenvalue weighted by molar-refractivity contribution is 0.0954. The highest BCUT2D eigenvalue weighted by molar-refractivity contribution is 5.95. The van der Waals surface area contributed by atoms with Crippen LogP contribution >= 0.6 is 0 Å². The topological polar surface area (TPSA) is 59.9 Å². The Labute approximate surface area is 145 Å². The second-order valence-electron chi connectivity index (χ2n) is 6.65. The van der Waals surface area contributed by atoms with Crippen molar-refractivity contribution in [2.24, 2.45) is 10.5 Å². The van der Waals surface area contributed by atoms with Crippen LogP contribution in [-0.2, 0) is 0 Å². The molecule has 0 aliphatic carbocycles. The molecule has 6 heteroatoms. The van der Waals surface area contributed by atoms with Gasteiger partial charge in [0.05, 0.1) is 19.4 Å². The molecule has 1 N–H and O–H groups in total. The highest BCUT2D eigenvalue weighted by Crippen LogP contribution is 2.34. The van der Waals surface area contributed by atoms with Crippen molar-refractivity contribution in [1.82, 2.24) is 5.43 Å². The Morgan fingerprint density at radius 2 is 1.80 bits per heavy atom. The molecule has 2 aromatic carbocycles. The standard InChI is InChI=1S/C19H19FN2O3/c1-19(2)11-24-16-8-5-14(9-17(16)25-12-19)18(23)22-21-10-13-3-6-15(20)7-4-13/h3-10H,11-12H2,1-2H3,(H,22,23)/b21-10-.